The molecule has 1 N–H and O–H groups in total. The van der Waals surface area contributed by atoms with Crippen molar-refractivity contribution in [2.75, 3.05) is 0 Å². The van der Waals surface area contributed by atoms with Crippen molar-refractivity contribution in [3.8, 4) is 0 Å². The molecule has 0 aliphatic carbocycles. The van der Waals surface area contributed by atoms with Gasteiger partial charge in [0.2, 0.25) is 0 Å². The Morgan fingerprint density at radius 3 is 2.00 bits per heavy atom. The van der Waals surface area contributed by atoms with Crippen molar-refractivity contribution in [1.29, 1.82) is 0 Å². The van der Waals surface area contributed by atoms with Crippen LogP contribution < -0.4 is 5.40 Å². The first-order chi connectivity index (χ1) is 6.31. The average Bonchev–Trinajstić information content (AvgIpc) is 1.99. The van der Waals surface area contributed by atoms with Crippen molar-refractivity contribution in [2.24, 2.45) is 11.8 Å². The Labute approximate surface area is 91.6 Å². The Balaban J connectivity index is 3.42. The smallest absolute Gasteiger partial charge is 0.134 e. The van der Waals surface area contributed by atoms with Gasteiger partial charge in [-0.15, -0.1) is 0 Å². The van der Waals surface area contributed by atoms with Crippen molar-refractivity contribution in [1.82, 2.24) is 5.40 Å². The molecule has 0 aromatic carbocycles. The average molecular weight is 214 g/mol. The molecule has 0 bridgehead atoms. The summed E-state index contributed by atoms with van der Waals surface area (Å²) >= 11 is 0. The van der Waals surface area contributed by atoms with Gasteiger partial charge < -0.3 is 0 Å². The summed E-state index contributed by atoms with van der Waals surface area (Å²) in [6.07, 6.45) is 5.38. The molecular weight excluding hydrogens is 186 g/mol. The summed E-state index contributed by atoms with van der Waals surface area (Å²) in [5, 5.41) is 7.91. The molecule has 0 aliphatic rings. The molecule has 0 spiro atoms. The van der Waals surface area contributed by atoms with Crippen LogP contribution >= 0.6 is 0 Å². The van der Waals surface area contributed by atoms with E-state index in [2.05, 4.69) is 33.9 Å². The summed E-state index contributed by atoms with van der Waals surface area (Å²) in [6.45, 7) is 11.2. The Hall–Kier alpha value is 0.177. The maximum absolute atomic E-state index is 7.91. The predicted molar refractivity (Wildman–Crippen MR) is 67.9 cm³/mol. The van der Waals surface area contributed by atoms with Gasteiger partial charge in [-0.25, -0.2) is 0 Å². The normalized spacial score (nSPS) is 14.8. The van der Waals surface area contributed by atoms with E-state index in [9.17, 15) is 0 Å². The van der Waals surface area contributed by atoms with Crippen molar-refractivity contribution in [3.05, 3.63) is 0 Å². The van der Waals surface area contributed by atoms with Crippen molar-refractivity contribution >= 4 is 8.24 Å². The van der Waals surface area contributed by atoms with Gasteiger partial charge in [0.1, 0.15) is 8.24 Å². The molecule has 0 saturated carbocycles. The molecule has 1 radical (unpaired) electrons. The van der Waals surface area contributed by atoms with Crippen LogP contribution in [-0.4, -0.2) is 8.24 Å². The summed E-state index contributed by atoms with van der Waals surface area (Å²) < 4.78 is 0. The molecule has 1 unspecified atom stereocenters. The number of rotatable bonds is 7. The maximum atomic E-state index is 7.91. The SMILES string of the molecule is CC(C)CCCC(C)CC[Si](C)(C)[NH]. The fourth-order valence-corrected chi connectivity index (χ4v) is 2.84. The molecule has 0 heterocycles. The first-order valence-electron chi connectivity index (χ1n) is 6.06. The quantitative estimate of drug-likeness (QED) is 0.563. The lowest BCUT2D eigenvalue weighted by molar-refractivity contribution is 0.447. The zero-order valence-electron chi connectivity index (χ0n) is 10.7. The number of hydrogen-bond donors (Lipinski definition) is 0. The highest BCUT2D eigenvalue weighted by Gasteiger charge is 2.16. The minimum absolute atomic E-state index is 0.839. The fourth-order valence-electron chi connectivity index (χ4n) is 1.63. The zero-order valence-corrected chi connectivity index (χ0v) is 11.7. The number of nitrogens with one attached hydrogen (secondary N) is 1. The summed E-state index contributed by atoms with van der Waals surface area (Å²) in [5.41, 5.74) is 0. The second-order valence-corrected chi connectivity index (χ2v) is 10.1. The summed E-state index contributed by atoms with van der Waals surface area (Å²) in [4.78, 5) is 0. The van der Waals surface area contributed by atoms with Gasteiger partial charge in [0.05, 0.1) is 0 Å². The van der Waals surface area contributed by atoms with Gasteiger partial charge in [-0.1, -0.05) is 59.5 Å². The van der Waals surface area contributed by atoms with E-state index in [1.807, 2.05) is 0 Å². The minimum Gasteiger partial charge on any atom is -0.285 e. The molecule has 14 heavy (non-hydrogen) atoms. The van der Waals surface area contributed by atoms with Gasteiger partial charge in [0.15, 0.2) is 0 Å². The first kappa shape index (κ1) is 14.2. The topological polar surface area (TPSA) is 23.8 Å². The zero-order chi connectivity index (χ0) is 11.2. The number of hydrogen-bond acceptors (Lipinski definition) is 0. The lowest BCUT2D eigenvalue weighted by Crippen LogP contribution is -2.27. The fraction of sp³-hybridized carbons (Fsp3) is 1.00. The first-order valence-corrected chi connectivity index (χ1v) is 9.27. The highest BCUT2D eigenvalue weighted by atomic mass is 28.3. The second-order valence-electron chi connectivity index (χ2n) is 5.85. The van der Waals surface area contributed by atoms with E-state index in [0.717, 1.165) is 11.8 Å². The third-order valence-electron chi connectivity index (χ3n) is 2.74. The summed E-state index contributed by atoms with van der Waals surface area (Å²) in [5.74, 6) is 1.69. The van der Waals surface area contributed by atoms with Gasteiger partial charge in [-0.3, -0.25) is 5.40 Å². The second kappa shape index (κ2) is 6.62. The predicted octanol–water partition coefficient (Wildman–Crippen LogP) is 4.33. The van der Waals surface area contributed by atoms with Crippen LogP contribution in [0.1, 0.15) is 46.5 Å². The van der Waals surface area contributed by atoms with Crippen molar-refractivity contribution in [3.63, 3.8) is 0 Å². The van der Waals surface area contributed by atoms with Gasteiger partial charge >= 0.3 is 0 Å². The van der Waals surface area contributed by atoms with Gasteiger partial charge in [0.25, 0.3) is 0 Å². The van der Waals surface area contributed by atoms with Crippen LogP contribution in [-0.2, 0) is 0 Å². The standard InChI is InChI=1S/C12H28NSi/c1-11(2)7-6-8-12(3)9-10-14(4,5)13/h11-13H,6-10H2,1-5H3. The van der Waals surface area contributed by atoms with Gasteiger partial charge in [0, 0.05) is 0 Å². The van der Waals surface area contributed by atoms with Crippen LogP contribution in [0.3, 0.4) is 0 Å². The van der Waals surface area contributed by atoms with E-state index < -0.39 is 8.24 Å². The Morgan fingerprint density at radius 1 is 1.00 bits per heavy atom. The van der Waals surface area contributed by atoms with Crippen molar-refractivity contribution in [2.45, 2.75) is 65.6 Å². The molecule has 0 saturated heterocycles. The molecule has 1 nitrogen and oxygen atoms in total. The molecule has 1 atom stereocenters. The summed E-state index contributed by atoms with van der Waals surface area (Å²) in [7, 11) is -1.53. The minimum atomic E-state index is -1.53. The van der Waals surface area contributed by atoms with E-state index in [-0.39, 0.29) is 0 Å². The van der Waals surface area contributed by atoms with Gasteiger partial charge in [-0.2, -0.15) is 0 Å². The van der Waals surface area contributed by atoms with Crippen LogP contribution in [0.4, 0.5) is 0 Å². The van der Waals surface area contributed by atoms with Crippen LogP contribution in [0, 0.1) is 11.8 Å². The lowest BCUT2D eigenvalue weighted by atomic mass is 9.98. The third-order valence-corrected chi connectivity index (χ3v) is 4.28. The maximum Gasteiger partial charge on any atom is 0.134 e. The molecule has 0 aliphatic heterocycles. The summed E-state index contributed by atoms with van der Waals surface area (Å²) in [6, 6.07) is 1.18. The molecule has 0 fully saturated rings. The van der Waals surface area contributed by atoms with Crippen LogP contribution in [0.15, 0.2) is 0 Å². The van der Waals surface area contributed by atoms with E-state index in [4.69, 9.17) is 5.40 Å². The van der Waals surface area contributed by atoms with Crippen LogP contribution in [0.5, 0.6) is 0 Å². The van der Waals surface area contributed by atoms with E-state index >= 15 is 0 Å². The van der Waals surface area contributed by atoms with Crippen molar-refractivity contribution < 1.29 is 0 Å². The van der Waals surface area contributed by atoms with E-state index in [1.54, 1.807) is 0 Å². The molecule has 0 aromatic rings. The van der Waals surface area contributed by atoms with E-state index in [1.165, 1.54) is 31.7 Å². The molecule has 0 amide bonds. The Bertz CT molecular complexity index is 138. The largest absolute Gasteiger partial charge is 0.285 e. The highest BCUT2D eigenvalue weighted by molar-refractivity contribution is 6.73. The highest BCUT2D eigenvalue weighted by Crippen LogP contribution is 2.19. The molecule has 0 rings (SSSR count). The van der Waals surface area contributed by atoms with Gasteiger partial charge in [-0.05, 0) is 17.9 Å². The molecule has 2 heteroatoms. The van der Waals surface area contributed by atoms with Crippen LogP contribution in [0.25, 0.3) is 0 Å². The molecular formula is C12H28NSi. The van der Waals surface area contributed by atoms with E-state index in [0.29, 0.717) is 0 Å². The third kappa shape index (κ3) is 10.3. The van der Waals surface area contributed by atoms with Crippen LogP contribution in [0.2, 0.25) is 19.1 Å². The molecule has 85 valence electrons. The Kier molecular flexibility index (Phi) is 6.71. The molecule has 0 aromatic heterocycles. The lowest BCUT2D eigenvalue weighted by Gasteiger charge is -2.18. The Morgan fingerprint density at radius 2 is 1.57 bits per heavy atom. The monoisotopic (exact) mass is 214 g/mol.